The maximum absolute atomic E-state index is 14.6. The molecule has 0 N–H and O–H groups in total. The van der Waals surface area contributed by atoms with Crippen molar-refractivity contribution in [3.8, 4) is 0 Å². The molecule has 0 aromatic heterocycles. The molecule has 0 amide bonds. The van der Waals surface area contributed by atoms with E-state index >= 15 is 0 Å². The van der Waals surface area contributed by atoms with E-state index in [0.717, 1.165) is 19.3 Å². The molecule has 2 nitrogen and oxygen atoms in total. The SMILES string of the molecule is O=S(=O)(Cl)c1ccc(C2(F)CCCCC2)cc1. The lowest BCUT2D eigenvalue weighted by Crippen LogP contribution is -2.23. The molecule has 0 aliphatic heterocycles. The molecule has 5 heteroatoms. The van der Waals surface area contributed by atoms with Crippen molar-refractivity contribution in [2.45, 2.75) is 42.7 Å². The summed E-state index contributed by atoms with van der Waals surface area (Å²) >= 11 is 0. The summed E-state index contributed by atoms with van der Waals surface area (Å²) in [6.07, 6.45) is 3.86. The van der Waals surface area contributed by atoms with E-state index in [4.69, 9.17) is 10.7 Å². The van der Waals surface area contributed by atoms with Crippen molar-refractivity contribution in [2.75, 3.05) is 0 Å². The summed E-state index contributed by atoms with van der Waals surface area (Å²) in [5.74, 6) is 0. The van der Waals surface area contributed by atoms with Crippen LogP contribution in [-0.2, 0) is 14.7 Å². The van der Waals surface area contributed by atoms with Crippen molar-refractivity contribution in [1.29, 1.82) is 0 Å². The summed E-state index contributed by atoms with van der Waals surface area (Å²) in [4.78, 5) is 0.0160. The van der Waals surface area contributed by atoms with Crippen LogP contribution in [0.2, 0.25) is 0 Å². The first-order valence-electron chi connectivity index (χ1n) is 5.66. The average molecular weight is 277 g/mol. The standard InChI is InChI=1S/C12H14ClFO2S/c13-17(15,16)11-6-4-10(5-7-11)12(14)8-2-1-3-9-12/h4-7H,1-3,8-9H2. The summed E-state index contributed by atoms with van der Waals surface area (Å²) in [5, 5.41) is 0. The topological polar surface area (TPSA) is 34.1 Å². The van der Waals surface area contributed by atoms with Gasteiger partial charge in [-0.05, 0) is 43.4 Å². The van der Waals surface area contributed by atoms with E-state index < -0.39 is 14.7 Å². The molecule has 0 atom stereocenters. The highest BCUT2D eigenvalue weighted by Gasteiger charge is 2.33. The first-order valence-corrected chi connectivity index (χ1v) is 7.97. The van der Waals surface area contributed by atoms with Crippen molar-refractivity contribution in [1.82, 2.24) is 0 Å². The first-order chi connectivity index (χ1) is 7.92. The van der Waals surface area contributed by atoms with Crippen molar-refractivity contribution >= 4 is 19.7 Å². The second kappa shape index (κ2) is 4.58. The van der Waals surface area contributed by atoms with Gasteiger partial charge in [0, 0.05) is 10.7 Å². The zero-order valence-corrected chi connectivity index (χ0v) is 10.9. The van der Waals surface area contributed by atoms with Crippen LogP contribution in [0.15, 0.2) is 29.2 Å². The third-order valence-corrected chi connectivity index (χ3v) is 4.67. The number of halogens is 2. The molecule has 17 heavy (non-hydrogen) atoms. The highest BCUT2D eigenvalue weighted by Crippen LogP contribution is 2.40. The Morgan fingerprint density at radius 1 is 1.06 bits per heavy atom. The average Bonchev–Trinajstić information content (AvgIpc) is 2.29. The fourth-order valence-corrected chi connectivity index (χ4v) is 3.09. The van der Waals surface area contributed by atoms with Crippen LogP contribution in [0.4, 0.5) is 4.39 Å². The van der Waals surface area contributed by atoms with Crippen LogP contribution in [0.25, 0.3) is 0 Å². The lowest BCUT2D eigenvalue weighted by atomic mass is 9.81. The van der Waals surface area contributed by atoms with E-state index in [1.807, 2.05) is 0 Å². The molecule has 0 unspecified atom stereocenters. The Labute approximate surface area is 105 Å². The molecule has 1 aromatic rings. The Balaban J connectivity index is 2.29. The first kappa shape index (κ1) is 12.8. The number of rotatable bonds is 2. The predicted octanol–water partition coefficient (Wildman–Crippen LogP) is 3.74. The third-order valence-electron chi connectivity index (χ3n) is 3.30. The Hall–Kier alpha value is -0.610. The maximum atomic E-state index is 14.6. The number of hydrogen-bond donors (Lipinski definition) is 0. The van der Waals surface area contributed by atoms with E-state index in [9.17, 15) is 12.8 Å². The third kappa shape index (κ3) is 2.80. The summed E-state index contributed by atoms with van der Waals surface area (Å²) < 4.78 is 36.7. The molecule has 0 saturated heterocycles. The number of alkyl halides is 1. The Bertz CT molecular complexity index is 490. The molecular formula is C12H14ClFO2S. The van der Waals surface area contributed by atoms with Gasteiger partial charge in [-0.3, -0.25) is 0 Å². The van der Waals surface area contributed by atoms with Crippen molar-refractivity contribution < 1.29 is 12.8 Å². The second-order valence-electron chi connectivity index (χ2n) is 4.49. The molecule has 0 bridgehead atoms. The molecule has 1 aliphatic rings. The Morgan fingerprint density at radius 2 is 1.59 bits per heavy atom. The monoisotopic (exact) mass is 276 g/mol. The zero-order valence-electron chi connectivity index (χ0n) is 9.33. The fraction of sp³-hybridized carbons (Fsp3) is 0.500. The van der Waals surface area contributed by atoms with E-state index in [1.54, 1.807) is 0 Å². The molecule has 94 valence electrons. The van der Waals surface area contributed by atoms with Crippen molar-refractivity contribution in [3.63, 3.8) is 0 Å². The summed E-state index contributed by atoms with van der Waals surface area (Å²) in [6, 6.07) is 5.79. The van der Waals surface area contributed by atoms with Gasteiger partial charge in [0.25, 0.3) is 9.05 Å². The van der Waals surface area contributed by atoms with Crippen LogP contribution in [0, 0.1) is 0 Å². The normalized spacial score (nSPS) is 20.1. The molecule has 0 radical (unpaired) electrons. The van der Waals surface area contributed by atoms with Gasteiger partial charge >= 0.3 is 0 Å². The van der Waals surface area contributed by atoms with Crippen LogP contribution in [0.5, 0.6) is 0 Å². The lowest BCUT2D eigenvalue weighted by molar-refractivity contribution is 0.106. The van der Waals surface area contributed by atoms with Crippen LogP contribution >= 0.6 is 10.7 Å². The fourth-order valence-electron chi connectivity index (χ4n) is 2.32. The van der Waals surface area contributed by atoms with Gasteiger partial charge < -0.3 is 0 Å². The van der Waals surface area contributed by atoms with Crippen LogP contribution in [0.3, 0.4) is 0 Å². The highest BCUT2D eigenvalue weighted by molar-refractivity contribution is 8.13. The zero-order chi connectivity index (χ0) is 12.5. The molecule has 0 spiro atoms. The molecule has 1 aliphatic carbocycles. The van der Waals surface area contributed by atoms with Crippen LogP contribution in [0.1, 0.15) is 37.7 Å². The van der Waals surface area contributed by atoms with Crippen molar-refractivity contribution in [2.24, 2.45) is 0 Å². The van der Waals surface area contributed by atoms with Gasteiger partial charge in [-0.25, -0.2) is 12.8 Å². The maximum Gasteiger partial charge on any atom is 0.261 e. The van der Waals surface area contributed by atoms with Gasteiger partial charge in [-0.15, -0.1) is 0 Å². The van der Waals surface area contributed by atoms with Crippen molar-refractivity contribution in [3.05, 3.63) is 29.8 Å². The van der Waals surface area contributed by atoms with Gasteiger partial charge in [-0.1, -0.05) is 18.6 Å². The quantitative estimate of drug-likeness (QED) is 0.771. The van der Waals surface area contributed by atoms with Gasteiger partial charge in [0.05, 0.1) is 4.90 Å². The Morgan fingerprint density at radius 3 is 2.06 bits per heavy atom. The molecule has 1 aromatic carbocycles. The van der Waals surface area contributed by atoms with E-state index in [1.165, 1.54) is 24.3 Å². The second-order valence-corrected chi connectivity index (χ2v) is 7.05. The summed E-state index contributed by atoms with van der Waals surface area (Å²) in [7, 11) is 1.49. The minimum atomic E-state index is -3.72. The van der Waals surface area contributed by atoms with Crippen LogP contribution in [-0.4, -0.2) is 8.42 Å². The number of hydrogen-bond acceptors (Lipinski definition) is 2. The Kier molecular flexibility index (Phi) is 3.46. The summed E-state index contributed by atoms with van der Waals surface area (Å²) in [6.45, 7) is 0. The largest absolute Gasteiger partial charge is 0.261 e. The molecular weight excluding hydrogens is 263 g/mol. The van der Waals surface area contributed by atoms with E-state index in [-0.39, 0.29) is 4.90 Å². The van der Waals surface area contributed by atoms with Gasteiger partial charge in [0.2, 0.25) is 0 Å². The number of benzene rings is 1. The van der Waals surface area contributed by atoms with Gasteiger partial charge in [-0.2, -0.15) is 0 Å². The summed E-state index contributed by atoms with van der Waals surface area (Å²) in [5.41, 5.74) is -0.742. The molecule has 1 fully saturated rings. The smallest absolute Gasteiger partial charge is 0.239 e. The van der Waals surface area contributed by atoms with Gasteiger partial charge in [0.15, 0.2) is 0 Å². The minimum absolute atomic E-state index is 0.0160. The van der Waals surface area contributed by atoms with E-state index in [2.05, 4.69) is 0 Å². The molecule has 2 rings (SSSR count). The lowest BCUT2D eigenvalue weighted by Gasteiger charge is -2.29. The van der Waals surface area contributed by atoms with Gasteiger partial charge in [0.1, 0.15) is 5.67 Å². The van der Waals surface area contributed by atoms with Crippen LogP contribution < -0.4 is 0 Å². The highest BCUT2D eigenvalue weighted by atomic mass is 35.7. The molecule has 1 saturated carbocycles. The predicted molar refractivity (Wildman–Crippen MR) is 65.4 cm³/mol. The molecule has 0 heterocycles. The minimum Gasteiger partial charge on any atom is -0.239 e. The van der Waals surface area contributed by atoms with E-state index in [0.29, 0.717) is 18.4 Å².